The summed E-state index contributed by atoms with van der Waals surface area (Å²) in [6, 6.07) is 2.02. The van der Waals surface area contributed by atoms with Gasteiger partial charge in [-0.05, 0) is 44.1 Å². The van der Waals surface area contributed by atoms with Gasteiger partial charge in [0.1, 0.15) is 5.82 Å². The van der Waals surface area contributed by atoms with Crippen LogP contribution in [0.5, 0.6) is 0 Å². The quantitative estimate of drug-likeness (QED) is 0.730. The molecular formula is C17H21N5O2S. The van der Waals surface area contributed by atoms with Crippen molar-refractivity contribution in [2.75, 3.05) is 6.54 Å². The predicted octanol–water partition coefficient (Wildman–Crippen LogP) is 2.18. The summed E-state index contributed by atoms with van der Waals surface area (Å²) in [4.78, 5) is 12.2. The van der Waals surface area contributed by atoms with Crippen molar-refractivity contribution >= 4 is 26.7 Å². The van der Waals surface area contributed by atoms with Crippen LogP contribution < -0.4 is 4.72 Å². The topological polar surface area (TPSA) is 92.2 Å². The highest BCUT2D eigenvalue weighted by atomic mass is 32.2. The molecule has 8 heteroatoms. The monoisotopic (exact) mass is 359 g/mol. The smallest absolute Gasteiger partial charge is 0.214 e. The molecule has 2 saturated carbocycles. The molecule has 7 nitrogen and oxygen atoms in total. The molecular weight excluding hydrogens is 338 g/mol. The van der Waals surface area contributed by atoms with Crippen molar-refractivity contribution in [3.63, 3.8) is 0 Å². The third-order valence-corrected chi connectivity index (χ3v) is 7.45. The first-order valence-electron chi connectivity index (χ1n) is 8.90. The van der Waals surface area contributed by atoms with Gasteiger partial charge in [-0.2, -0.15) is 0 Å². The Labute approximate surface area is 145 Å². The first kappa shape index (κ1) is 15.3. The molecule has 0 spiro atoms. The van der Waals surface area contributed by atoms with Crippen LogP contribution in [0.3, 0.4) is 0 Å². The molecule has 0 aliphatic heterocycles. The fourth-order valence-corrected chi connectivity index (χ4v) is 5.47. The third-order valence-electron chi connectivity index (χ3n) is 5.53. The van der Waals surface area contributed by atoms with Gasteiger partial charge in [0.25, 0.3) is 0 Å². The number of imidazole rings is 1. The molecule has 0 bridgehead atoms. The Morgan fingerprint density at radius 1 is 1.20 bits per heavy atom. The summed E-state index contributed by atoms with van der Waals surface area (Å²) in [5.41, 5.74) is 2.90. The Balaban J connectivity index is 1.36. The molecule has 25 heavy (non-hydrogen) atoms. The minimum absolute atomic E-state index is 0.143. The molecule has 2 fully saturated rings. The van der Waals surface area contributed by atoms with Gasteiger partial charge in [-0.1, -0.05) is 0 Å². The van der Waals surface area contributed by atoms with Gasteiger partial charge in [0, 0.05) is 18.7 Å². The zero-order chi connectivity index (χ0) is 17.0. The van der Waals surface area contributed by atoms with Crippen LogP contribution in [0.25, 0.3) is 16.7 Å². The number of aromatic nitrogens is 4. The van der Waals surface area contributed by atoms with E-state index in [4.69, 9.17) is 0 Å². The van der Waals surface area contributed by atoms with Crippen molar-refractivity contribution in [3.05, 3.63) is 30.5 Å². The maximum Gasteiger partial charge on any atom is 0.214 e. The lowest BCUT2D eigenvalue weighted by atomic mass is 10.0. The van der Waals surface area contributed by atoms with Crippen LogP contribution in [0.1, 0.15) is 43.8 Å². The van der Waals surface area contributed by atoms with E-state index in [-0.39, 0.29) is 5.25 Å². The molecule has 5 rings (SSSR count). The second-order valence-corrected chi connectivity index (χ2v) is 9.36. The van der Waals surface area contributed by atoms with Crippen LogP contribution in [0.2, 0.25) is 0 Å². The van der Waals surface area contributed by atoms with Crippen LogP contribution in [0.4, 0.5) is 0 Å². The Morgan fingerprint density at radius 3 is 2.88 bits per heavy atom. The van der Waals surface area contributed by atoms with Crippen molar-refractivity contribution in [2.24, 2.45) is 5.92 Å². The van der Waals surface area contributed by atoms with E-state index in [9.17, 15) is 8.42 Å². The maximum atomic E-state index is 12.0. The van der Waals surface area contributed by atoms with E-state index in [1.54, 1.807) is 0 Å². The normalized spacial score (nSPS) is 24.5. The Kier molecular flexibility index (Phi) is 3.40. The summed E-state index contributed by atoms with van der Waals surface area (Å²) in [5.74, 6) is 1.81. The van der Waals surface area contributed by atoms with Crippen molar-refractivity contribution in [3.8, 4) is 0 Å². The van der Waals surface area contributed by atoms with Gasteiger partial charge >= 0.3 is 0 Å². The zero-order valence-electron chi connectivity index (χ0n) is 13.9. The molecule has 3 aromatic rings. The standard InChI is InChI=1S/C17H21N5O2S/c23-25(24,14-3-4-14)21-8-11-1-2-12(7-11)17-20-10-13-9-19-16-15(22(13)17)5-6-18-16/h5-6,9-12,14,18,21H,1-4,7-8H2/t11-,12+/m0/s1. The maximum absolute atomic E-state index is 12.0. The Bertz CT molecular complexity index is 1030. The van der Waals surface area contributed by atoms with Gasteiger partial charge in [0.05, 0.1) is 28.7 Å². The average molecular weight is 359 g/mol. The highest BCUT2D eigenvalue weighted by Gasteiger charge is 2.36. The first-order chi connectivity index (χ1) is 12.1. The summed E-state index contributed by atoms with van der Waals surface area (Å²) < 4.78 is 29.0. The number of rotatable bonds is 5. The second kappa shape index (κ2) is 5.54. The van der Waals surface area contributed by atoms with Crippen molar-refractivity contribution in [1.82, 2.24) is 24.1 Å². The first-order valence-corrected chi connectivity index (χ1v) is 10.4. The summed E-state index contributed by atoms with van der Waals surface area (Å²) in [5, 5.41) is -0.143. The minimum atomic E-state index is -3.09. The van der Waals surface area contributed by atoms with Crippen molar-refractivity contribution in [2.45, 2.75) is 43.3 Å². The summed E-state index contributed by atoms with van der Waals surface area (Å²) in [6.07, 6.45) is 10.3. The zero-order valence-corrected chi connectivity index (χ0v) is 14.7. The summed E-state index contributed by atoms with van der Waals surface area (Å²) in [6.45, 7) is 0.555. The number of nitrogens with zero attached hydrogens (tertiary/aromatic N) is 3. The summed E-state index contributed by atoms with van der Waals surface area (Å²) in [7, 11) is -3.09. The molecule has 0 saturated heterocycles. The third kappa shape index (κ3) is 2.64. The Morgan fingerprint density at radius 2 is 2.04 bits per heavy atom. The molecule has 0 aromatic carbocycles. The van der Waals surface area contributed by atoms with Gasteiger partial charge in [-0.25, -0.2) is 23.1 Å². The number of nitrogens with one attached hydrogen (secondary N) is 2. The number of hydrogen-bond donors (Lipinski definition) is 2. The van der Waals surface area contributed by atoms with E-state index in [1.165, 1.54) is 0 Å². The summed E-state index contributed by atoms with van der Waals surface area (Å²) >= 11 is 0. The van der Waals surface area contributed by atoms with E-state index < -0.39 is 10.0 Å². The SMILES string of the molecule is O=S(=O)(NC[C@H]1CC[C@@H](c2ncc3cnc4[nH]ccc4n23)C1)C1CC1. The Hall–Kier alpha value is -1.93. The largest absolute Gasteiger partial charge is 0.345 e. The predicted molar refractivity (Wildman–Crippen MR) is 94.9 cm³/mol. The van der Waals surface area contributed by atoms with E-state index >= 15 is 0 Å². The molecule has 0 radical (unpaired) electrons. The van der Waals surface area contributed by atoms with E-state index in [0.29, 0.717) is 18.4 Å². The minimum Gasteiger partial charge on any atom is -0.345 e. The lowest BCUT2D eigenvalue weighted by molar-refractivity contribution is 0.509. The van der Waals surface area contributed by atoms with Crippen LogP contribution in [-0.2, 0) is 10.0 Å². The van der Waals surface area contributed by atoms with Crippen LogP contribution in [-0.4, -0.2) is 39.6 Å². The highest BCUT2D eigenvalue weighted by molar-refractivity contribution is 7.90. The van der Waals surface area contributed by atoms with Crippen LogP contribution in [0, 0.1) is 5.92 Å². The molecule has 2 atom stereocenters. The van der Waals surface area contributed by atoms with Gasteiger partial charge in [0.2, 0.25) is 10.0 Å². The lowest BCUT2D eigenvalue weighted by Crippen LogP contribution is -2.31. The van der Waals surface area contributed by atoms with Gasteiger partial charge in [-0.15, -0.1) is 0 Å². The van der Waals surface area contributed by atoms with E-state index in [0.717, 1.165) is 54.6 Å². The van der Waals surface area contributed by atoms with Crippen LogP contribution >= 0.6 is 0 Å². The lowest BCUT2D eigenvalue weighted by Gasteiger charge is -2.12. The van der Waals surface area contributed by atoms with E-state index in [2.05, 4.69) is 24.1 Å². The molecule has 2 N–H and O–H groups in total. The molecule has 2 aliphatic carbocycles. The molecule has 0 unspecified atom stereocenters. The van der Waals surface area contributed by atoms with Gasteiger partial charge in [-0.3, -0.25) is 4.40 Å². The van der Waals surface area contributed by atoms with Gasteiger partial charge < -0.3 is 4.98 Å². The number of H-pyrrole nitrogens is 1. The molecule has 0 amide bonds. The fraction of sp³-hybridized carbons (Fsp3) is 0.529. The molecule has 132 valence electrons. The van der Waals surface area contributed by atoms with E-state index in [1.807, 2.05) is 24.7 Å². The van der Waals surface area contributed by atoms with Crippen LogP contribution in [0.15, 0.2) is 24.7 Å². The number of fused-ring (bicyclic) bond motifs is 3. The molecule has 3 heterocycles. The number of hydrogen-bond acceptors (Lipinski definition) is 4. The molecule has 2 aliphatic rings. The number of aromatic amines is 1. The average Bonchev–Trinajstić information content (AvgIpc) is 3.03. The van der Waals surface area contributed by atoms with Crippen molar-refractivity contribution in [1.29, 1.82) is 0 Å². The number of sulfonamides is 1. The second-order valence-electron chi connectivity index (χ2n) is 7.32. The van der Waals surface area contributed by atoms with Crippen molar-refractivity contribution < 1.29 is 8.42 Å². The molecule has 3 aromatic heterocycles. The fourth-order valence-electron chi connectivity index (χ4n) is 4.01. The highest BCUT2D eigenvalue weighted by Crippen LogP contribution is 2.38. The van der Waals surface area contributed by atoms with Gasteiger partial charge in [0.15, 0.2) is 5.65 Å².